The average Bonchev–Trinajstić information content (AvgIpc) is 2.23. The molecule has 1 unspecified atom stereocenters. The van der Waals surface area contributed by atoms with Gasteiger partial charge in [-0.2, -0.15) is 5.10 Å². The molecule has 4 heteroatoms. The molecule has 1 atom stereocenters. The van der Waals surface area contributed by atoms with Crippen molar-refractivity contribution in [3.63, 3.8) is 0 Å². The van der Waals surface area contributed by atoms with Crippen LogP contribution in [-0.4, -0.2) is 23.3 Å². The maximum absolute atomic E-state index is 10.5. The number of carboxylic acids is 1. The molecule has 0 aromatic carbocycles. The second-order valence-electron chi connectivity index (χ2n) is 4.66. The van der Waals surface area contributed by atoms with Crippen molar-refractivity contribution in [3.8, 4) is 0 Å². The summed E-state index contributed by atoms with van der Waals surface area (Å²) in [7, 11) is 0. The van der Waals surface area contributed by atoms with Crippen LogP contribution in [0.2, 0.25) is 0 Å². The van der Waals surface area contributed by atoms with E-state index in [2.05, 4.69) is 37.4 Å². The van der Waals surface area contributed by atoms with E-state index in [1.165, 1.54) is 12.5 Å². The van der Waals surface area contributed by atoms with Gasteiger partial charge in [-0.3, -0.25) is 0 Å². The molecular formula is C13H24N2O2. The Morgan fingerprint density at radius 2 is 2.00 bits per heavy atom. The molecule has 0 aromatic heterocycles. The highest BCUT2D eigenvalue weighted by Crippen LogP contribution is 2.10. The minimum atomic E-state index is -0.978. The maximum Gasteiger partial charge on any atom is 0.351 e. The van der Waals surface area contributed by atoms with Gasteiger partial charge in [0.05, 0.1) is 0 Å². The molecule has 0 spiro atoms. The van der Waals surface area contributed by atoms with E-state index >= 15 is 0 Å². The number of hydrogen-bond acceptors (Lipinski definition) is 3. The minimum Gasteiger partial charge on any atom is -0.477 e. The van der Waals surface area contributed by atoms with Gasteiger partial charge in [-0.05, 0) is 46.0 Å². The summed E-state index contributed by atoms with van der Waals surface area (Å²) in [5, 5.41) is 12.3. The van der Waals surface area contributed by atoms with Gasteiger partial charge in [0.2, 0.25) is 0 Å². The predicted octanol–water partition coefficient (Wildman–Crippen LogP) is 2.81. The van der Waals surface area contributed by atoms with Crippen molar-refractivity contribution in [1.29, 1.82) is 0 Å². The van der Waals surface area contributed by atoms with Gasteiger partial charge in [0.15, 0.2) is 0 Å². The van der Waals surface area contributed by atoms with E-state index in [9.17, 15) is 4.79 Å². The Balaban J connectivity index is 3.65. The summed E-state index contributed by atoms with van der Waals surface area (Å²) in [4.78, 5) is 10.5. The van der Waals surface area contributed by atoms with Crippen LogP contribution in [0.4, 0.5) is 0 Å². The Hall–Kier alpha value is -1.32. The van der Waals surface area contributed by atoms with Crippen LogP contribution >= 0.6 is 0 Å². The first kappa shape index (κ1) is 15.7. The second-order valence-corrected chi connectivity index (χ2v) is 4.66. The zero-order valence-corrected chi connectivity index (χ0v) is 11.3. The topological polar surface area (TPSA) is 61.7 Å². The molecule has 0 aliphatic carbocycles. The normalized spacial score (nSPS) is 13.1. The maximum atomic E-state index is 10.5. The molecular weight excluding hydrogens is 216 g/mol. The highest BCUT2D eigenvalue weighted by Gasteiger charge is 2.02. The smallest absolute Gasteiger partial charge is 0.351 e. The number of hydrazone groups is 1. The first-order valence-electron chi connectivity index (χ1n) is 6.07. The summed E-state index contributed by atoms with van der Waals surface area (Å²) in [5.74, 6) is -0.354. The number of allylic oxidation sites excluding steroid dienone is 2. The van der Waals surface area contributed by atoms with Gasteiger partial charge in [0.25, 0.3) is 0 Å². The van der Waals surface area contributed by atoms with E-state index in [0.29, 0.717) is 5.92 Å². The first-order chi connectivity index (χ1) is 7.93. The zero-order chi connectivity index (χ0) is 13.3. The molecule has 2 N–H and O–H groups in total. The lowest BCUT2D eigenvalue weighted by atomic mass is 10.0. The van der Waals surface area contributed by atoms with Crippen molar-refractivity contribution in [3.05, 3.63) is 11.6 Å². The Morgan fingerprint density at radius 3 is 2.53 bits per heavy atom. The third kappa shape index (κ3) is 9.60. The van der Waals surface area contributed by atoms with E-state index in [1.54, 1.807) is 0 Å². The quantitative estimate of drug-likeness (QED) is 0.297. The number of nitrogens with one attached hydrogen (secondary N) is 1. The third-order valence-electron chi connectivity index (χ3n) is 2.52. The number of aliphatic carboxylic acids is 1. The monoisotopic (exact) mass is 240 g/mol. The number of carbonyl (C=O) groups is 1. The molecule has 0 rings (SSSR count). The summed E-state index contributed by atoms with van der Waals surface area (Å²) in [6.07, 6.45) is 5.53. The Kier molecular flexibility index (Phi) is 8.11. The van der Waals surface area contributed by atoms with Crippen LogP contribution in [0.25, 0.3) is 0 Å². The van der Waals surface area contributed by atoms with Crippen molar-refractivity contribution >= 4 is 11.7 Å². The van der Waals surface area contributed by atoms with Crippen LogP contribution in [-0.2, 0) is 4.79 Å². The predicted molar refractivity (Wildman–Crippen MR) is 71.2 cm³/mol. The molecule has 0 saturated heterocycles. The molecule has 4 nitrogen and oxygen atoms in total. The van der Waals surface area contributed by atoms with Gasteiger partial charge in [0.1, 0.15) is 5.71 Å². The number of rotatable bonds is 8. The lowest BCUT2D eigenvalue weighted by Gasteiger charge is -2.09. The zero-order valence-electron chi connectivity index (χ0n) is 11.3. The number of hydrogen-bond donors (Lipinski definition) is 2. The van der Waals surface area contributed by atoms with E-state index in [4.69, 9.17) is 5.11 Å². The molecule has 0 aliphatic heterocycles. The van der Waals surface area contributed by atoms with Gasteiger partial charge in [-0.25, -0.2) is 4.79 Å². The molecule has 0 radical (unpaired) electrons. The van der Waals surface area contributed by atoms with Crippen molar-refractivity contribution < 1.29 is 9.90 Å². The van der Waals surface area contributed by atoms with Crippen LogP contribution in [0.15, 0.2) is 16.8 Å². The molecule has 0 saturated carbocycles. The molecule has 0 bridgehead atoms. The summed E-state index contributed by atoms with van der Waals surface area (Å²) in [6.45, 7) is 8.62. The van der Waals surface area contributed by atoms with Crippen LogP contribution in [0.5, 0.6) is 0 Å². The van der Waals surface area contributed by atoms with E-state index in [1.807, 2.05) is 0 Å². The van der Waals surface area contributed by atoms with Gasteiger partial charge >= 0.3 is 5.97 Å². The van der Waals surface area contributed by atoms with Crippen LogP contribution < -0.4 is 5.43 Å². The van der Waals surface area contributed by atoms with E-state index in [-0.39, 0.29) is 5.71 Å². The fourth-order valence-corrected chi connectivity index (χ4v) is 1.33. The standard InChI is InChI=1S/C13H24N2O2/c1-10(2)6-5-7-11(3)8-9-14-15-12(4)13(16)17/h6,11,14H,5,7-9H2,1-4H3,(H,16,17)/b15-12-. The second kappa shape index (κ2) is 8.79. The molecule has 0 amide bonds. The van der Waals surface area contributed by atoms with Gasteiger partial charge in [0, 0.05) is 6.54 Å². The Morgan fingerprint density at radius 1 is 1.35 bits per heavy atom. The lowest BCUT2D eigenvalue weighted by Crippen LogP contribution is -2.17. The van der Waals surface area contributed by atoms with Crippen molar-refractivity contribution in [2.75, 3.05) is 6.54 Å². The Labute approximate surface area is 104 Å². The highest BCUT2D eigenvalue weighted by atomic mass is 16.4. The SMILES string of the molecule is CC(C)=CCCC(C)CCN/N=C(/C)C(=O)O. The fourth-order valence-electron chi connectivity index (χ4n) is 1.33. The summed E-state index contributed by atoms with van der Waals surface area (Å²) in [5.41, 5.74) is 4.25. The number of nitrogens with zero attached hydrogens (tertiary/aromatic N) is 1. The summed E-state index contributed by atoms with van der Waals surface area (Å²) in [6, 6.07) is 0. The van der Waals surface area contributed by atoms with E-state index < -0.39 is 5.97 Å². The minimum absolute atomic E-state index is 0.0993. The van der Waals surface area contributed by atoms with E-state index in [0.717, 1.165) is 25.8 Å². The van der Waals surface area contributed by atoms with Gasteiger partial charge < -0.3 is 10.5 Å². The first-order valence-corrected chi connectivity index (χ1v) is 6.07. The number of carboxylic acid groups (broad SMARTS) is 1. The molecule has 17 heavy (non-hydrogen) atoms. The average molecular weight is 240 g/mol. The summed E-state index contributed by atoms with van der Waals surface area (Å²) >= 11 is 0. The highest BCUT2D eigenvalue weighted by molar-refractivity contribution is 6.34. The Bertz CT molecular complexity index is 292. The molecule has 0 aliphatic rings. The molecule has 98 valence electrons. The molecule has 0 heterocycles. The molecule has 0 aromatic rings. The van der Waals surface area contributed by atoms with Gasteiger partial charge in [-0.15, -0.1) is 0 Å². The van der Waals surface area contributed by atoms with Crippen LogP contribution in [0.3, 0.4) is 0 Å². The van der Waals surface area contributed by atoms with Crippen molar-refractivity contribution in [2.45, 2.75) is 47.0 Å². The summed E-state index contributed by atoms with van der Waals surface area (Å²) < 4.78 is 0. The van der Waals surface area contributed by atoms with Crippen LogP contribution in [0.1, 0.15) is 47.0 Å². The van der Waals surface area contributed by atoms with Gasteiger partial charge in [-0.1, -0.05) is 18.6 Å². The van der Waals surface area contributed by atoms with Crippen LogP contribution in [0, 0.1) is 5.92 Å². The largest absolute Gasteiger partial charge is 0.477 e. The molecule has 0 fully saturated rings. The van der Waals surface area contributed by atoms with Crippen molar-refractivity contribution in [2.24, 2.45) is 11.0 Å². The lowest BCUT2D eigenvalue weighted by molar-refractivity contribution is -0.129. The third-order valence-corrected chi connectivity index (χ3v) is 2.52. The fraction of sp³-hybridized carbons (Fsp3) is 0.692. The van der Waals surface area contributed by atoms with Crippen molar-refractivity contribution in [1.82, 2.24) is 5.43 Å².